The lowest BCUT2D eigenvalue weighted by molar-refractivity contribution is -0.154. The fraction of sp³-hybridized carbons (Fsp3) is 0.786. The average Bonchev–Trinajstić information content (AvgIpc) is 2.23. The summed E-state index contributed by atoms with van der Waals surface area (Å²) >= 11 is 0. The van der Waals surface area contributed by atoms with Gasteiger partial charge in [0.25, 0.3) is 0 Å². The summed E-state index contributed by atoms with van der Waals surface area (Å²) in [5.41, 5.74) is -1.67. The number of ether oxygens (including phenoxy) is 2. The van der Waals surface area contributed by atoms with E-state index in [-0.39, 0.29) is 13.1 Å². The predicted molar refractivity (Wildman–Crippen MR) is 70.5 cm³/mol. The van der Waals surface area contributed by atoms with Crippen molar-refractivity contribution in [2.45, 2.75) is 45.1 Å². The Hall–Kier alpha value is -1.42. The molecule has 4 nitrogen and oxygen atoms in total. The molecule has 1 fully saturated rings. The SMILES string of the molecule is COC1(C#C[C@@H](C)C(F)(F)F)CN(C(=O)OC(C)(C)C)C1. The van der Waals surface area contributed by atoms with Gasteiger partial charge in [-0.3, -0.25) is 0 Å². The number of hydrogen-bond acceptors (Lipinski definition) is 3. The number of carbonyl (C=O) groups excluding carboxylic acids is 1. The van der Waals surface area contributed by atoms with E-state index in [1.807, 2.05) is 0 Å². The van der Waals surface area contributed by atoms with E-state index < -0.39 is 29.4 Å². The highest BCUT2D eigenvalue weighted by molar-refractivity contribution is 5.70. The van der Waals surface area contributed by atoms with Gasteiger partial charge < -0.3 is 14.4 Å². The molecular formula is C14H20F3NO3. The molecule has 1 rings (SSSR count). The van der Waals surface area contributed by atoms with Gasteiger partial charge in [0, 0.05) is 7.11 Å². The molecule has 1 aliphatic heterocycles. The van der Waals surface area contributed by atoms with E-state index in [9.17, 15) is 18.0 Å². The Kier molecular flexibility index (Phi) is 4.83. The van der Waals surface area contributed by atoms with E-state index in [4.69, 9.17) is 9.47 Å². The van der Waals surface area contributed by atoms with E-state index in [1.54, 1.807) is 20.8 Å². The van der Waals surface area contributed by atoms with Gasteiger partial charge in [0.2, 0.25) is 0 Å². The maximum atomic E-state index is 12.4. The van der Waals surface area contributed by atoms with Crippen LogP contribution in [0.1, 0.15) is 27.7 Å². The zero-order chi connectivity index (χ0) is 16.5. The normalized spacial score (nSPS) is 19.1. The summed E-state index contributed by atoms with van der Waals surface area (Å²) in [5.74, 6) is 2.90. The number of nitrogens with zero attached hydrogens (tertiary/aromatic N) is 1. The molecule has 0 radical (unpaired) electrons. The van der Waals surface area contributed by atoms with Crippen molar-refractivity contribution < 1.29 is 27.4 Å². The summed E-state index contributed by atoms with van der Waals surface area (Å²) in [6.45, 7) is 6.38. The Balaban J connectivity index is 2.65. The first kappa shape index (κ1) is 17.6. The summed E-state index contributed by atoms with van der Waals surface area (Å²) in [7, 11) is 1.36. The Morgan fingerprint density at radius 3 is 2.19 bits per heavy atom. The van der Waals surface area contributed by atoms with Crippen LogP contribution in [0.4, 0.5) is 18.0 Å². The number of hydrogen-bond donors (Lipinski definition) is 0. The van der Waals surface area contributed by atoms with Gasteiger partial charge in [0.1, 0.15) is 11.5 Å². The Morgan fingerprint density at radius 2 is 1.81 bits per heavy atom. The molecule has 1 atom stereocenters. The van der Waals surface area contributed by atoms with Crippen LogP contribution < -0.4 is 0 Å². The Bertz CT molecular complexity index is 451. The molecule has 1 amide bonds. The molecule has 120 valence electrons. The number of alkyl halides is 3. The van der Waals surface area contributed by atoms with Crippen LogP contribution in [0.2, 0.25) is 0 Å². The summed E-state index contributed by atoms with van der Waals surface area (Å²) in [6.07, 6.45) is -4.89. The molecule has 7 heteroatoms. The van der Waals surface area contributed by atoms with Crippen molar-refractivity contribution in [3.63, 3.8) is 0 Å². The number of amides is 1. The third-order valence-electron chi connectivity index (χ3n) is 2.94. The monoisotopic (exact) mass is 307 g/mol. The Labute approximate surface area is 122 Å². The van der Waals surface area contributed by atoms with Crippen molar-refractivity contribution in [1.29, 1.82) is 0 Å². The quantitative estimate of drug-likeness (QED) is 0.699. The van der Waals surface area contributed by atoms with Crippen LogP contribution in [-0.2, 0) is 9.47 Å². The average molecular weight is 307 g/mol. The van der Waals surface area contributed by atoms with Crippen LogP contribution in [0.25, 0.3) is 0 Å². The van der Waals surface area contributed by atoms with Crippen molar-refractivity contribution in [3.8, 4) is 11.8 Å². The zero-order valence-corrected chi connectivity index (χ0v) is 12.8. The topological polar surface area (TPSA) is 38.8 Å². The molecule has 0 spiro atoms. The van der Waals surface area contributed by atoms with Gasteiger partial charge in [-0.1, -0.05) is 11.8 Å². The third-order valence-corrected chi connectivity index (χ3v) is 2.94. The molecule has 0 aromatic carbocycles. The molecule has 0 N–H and O–H groups in total. The standard InChI is InChI=1S/C14H20F3NO3/c1-10(14(15,16)17)6-7-13(20-5)8-18(9-13)11(19)21-12(2,3)4/h10H,8-9H2,1-5H3/t10-/m1/s1. The summed E-state index contributed by atoms with van der Waals surface area (Å²) in [4.78, 5) is 13.1. The minimum absolute atomic E-state index is 0.0932. The van der Waals surface area contributed by atoms with Gasteiger partial charge in [-0.05, 0) is 27.7 Å². The van der Waals surface area contributed by atoms with E-state index in [0.29, 0.717) is 0 Å². The highest BCUT2D eigenvalue weighted by Crippen LogP contribution is 2.28. The molecule has 0 aliphatic carbocycles. The number of methoxy groups -OCH3 is 1. The summed E-state index contributed by atoms with van der Waals surface area (Å²) in [5, 5.41) is 0. The van der Waals surface area contributed by atoms with E-state index >= 15 is 0 Å². The minimum atomic E-state index is -4.36. The van der Waals surface area contributed by atoms with E-state index in [0.717, 1.165) is 6.92 Å². The maximum Gasteiger partial charge on any atom is 0.410 e. The fourth-order valence-electron chi connectivity index (χ4n) is 1.61. The van der Waals surface area contributed by atoms with Crippen molar-refractivity contribution in [2.24, 2.45) is 5.92 Å². The molecule has 0 unspecified atom stereocenters. The van der Waals surface area contributed by atoms with Gasteiger partial charge in [-0.15, -0.1) is 0 Å². The van der Waals surface area contributed by atoms with Gasteiger partial charge in [0.05, 0.1) is 13.1 Å². The van der Waals surface area contributed by atoms with E-state index in [1.165, 1.54) is 12.0 Å². The first-order valence-corrected chi connectivity index (χ1v) is 6.51. The minimum Gasteiger partial charge on any atom is -0.444 e. The van der Waals surface area contributed by atoms with Crippen LogP contribution in [0.5, 0.6) is 0 Å². The highest BCUT2D eigenvalue weighted by Gasteiger charge is 2.46. The van der Waals surface area contributed by atoms with Gasteiger partial charge in [-0.25, -0.2) is 4.79 Å². The molecule has 0 saturated carbocycles. The number of halogens is 3. The second kappa shape index (κ2) is 5.76. The van der Waals surface area contributed by atoms with Gasteiger partial charge in [-0.2, -0.15) is 13.2 Å². The fourth-order valence-corrected chi connectivity index (χ4v) is 1.61. The highest BCUT2D eigenvalue weighted by atomic mass is 19.4. The maximum absolute atomic E-state index is 12.4. The van der Waals surface area contributed by atoms with Gasteiger partial charge >= 0.3 is 12.3 Å². The number of likely N-dealkylation sites (tertiary alicyclic amines) is 1. The first-order valence-electron chi connectivity index (χ1n) is 6.51. The van der Waals surface area contributed by atoms with Crippen LogP contribution in [0.3, 0.4) is 0 Å². The lowest BCUT2D eigenvalue weighted by atomic mass is 9.94. The molecule has 21 heavy (non-hydrogen) atoms. The van der Waals surface area contributed by atoms with Crippen LogP contribution >= 0.6 is 0 Å². The molecular weight excluding hydrogens is 287 g/mol. The molecule has 0 bridgehead atoms. The van der Waals surface area contributed by atoms with Crippen molar-refractivity contribution in [2.75, 3.05) is 20.2 Å². The van der Waals surface area contributed by atoms with Crippen molar-refractivity contribution >= 4 is 6.09 Å². The zero-order valence-electron chi connectivity index (χ0n) is 12.8. The lowest BCUT2D eigenvalue weighted by Gasteiger charge is -2.45. The number of carbonyl (C=O) groups is 1. The number of rotatable bonds is 1. The second-order valence-electron chi connectivity index (χ2n) is 6.07. The van der Waals surface area contributed by atoms with Crippen molar-refractivity contribution in [1.82, 2.24) is 4.90 Å². The predicted octanol–water partition coefficient (Wildman–Crippen LogP) is 2.82. The van der Waals surface area contributed by atoms with Crippen LogP contribution in [0, 0.1) is 17.8 Å². The second-order valence-corrected chi connectivity index (χ2v) is 6.07. The van der Waals surface area contributed by atoms with Gasteiger partial charge in [0.15, 0.2) is 5.60 Å². The Morgan fingerprint density at radius 1 is 1.29 bits per heavy atom. The molecule has 1 heterocycles. The summed E-state index contributed by atoms with van der Waals surface area (Å²) < 4.78 is 47.6. The third kappa shape index (κ3) is 4.81. The van der Waals surface area contributed by atoms with Crippen molar-refractivity contribution in [3.05, 3.63) is 0 Å². The molecule has 1 aliphatic rings. The first-order chi connectivity index (χ1) is 9.38. The van der Waals surface area contributed by atoms with Crippen LogP contribution in [0.15, 0.2) is 0 Å². The lowest BCUT2D eigenvalue weighted by Crippen LogP contribution is -2.64. The van der Waals surface area contributed by atoms with Crippen LogP contribution in [-0.4, -0.2) is 48.6 Å². The summed E-state index contributed by atoms with van der Waals surface area (Å²) in [6, 6.07) is 0. The largest absolute Gasteiger partial charge is 0.444 e. The molecule has 0 aromatic heterocycles. The molecule has 1 saturated heterocycles. The molecule has 0 aromatic rings. The smallest absolute Gasteiger partial charge is 0.410 e. The van der Waals surface area contributed by atoms with E-state index in [2.05, 4.69) is 11.8 Å².